The van der Waals surface area contributed by atoms with Crippen molar-refractivity contribution in [3.8, 4) is 0 Å². The lowest BCUT2D eigenvalue weighted by Gasteiger charge is -2.57. The Morgan fingerprint density at radius 2 is 1.76 bits per heavy atom. The van der Waals surface area contributed by atoms with Gasteiger partial charge in [-0.3, -0.25) is 9.59 Å². The predicted molar refractivity (Wildman–Crippen MR) is 187 cm³/mol. The summed E-state index contributed by atoms with van der Waals surface area (Å²) in [6.45, 7) is 9.01. The standard InChI is InChI=1S/C41H46N2O6/c1-25-16-19-33-40(2,21-11-22-41(33,3)39(46)48-5)30(25)18-17-26-20-23-49-36(26)35-34-29(28-14-9-10-15-31(28)42-34)24-32(38(45)47-4)43(35)37(44)27-12-7-6-8-13-27/h6-10,12-15,20,23,30,32-33,35,42H,1,11,16-19,21-22,24H2,2-5H3/t30-,32+,33+,35+,40+,41-/m0/s1. The molecule has 2 aromatic carbocycles. The molecule has 0 bridgehead atoms. The molecule has 2 saturated carbocycles. The Labute approximate surface area is 287 Å². The third-order valence-corrected chi connectivity index (χ3v) is 12.3. The quantitative estimate of drug-likeness (QED) is 0.159. The fourth-order valence-corrected chi connectivity index (χ4v) is 9.92. The van der Waals surface area contributed by atoms with E-state index >= 15 is 0 Å². The number of allylic oxidation sites excluding steroid dienone is 1. The SMILES string of the molecule is C=C1CC[C@@H]2[C@](C)(CCC[C@]2(C)C(=O)OC)[C@H]1CCc1ccoc1[C@H]1c2[nH]c3ccccc3c2C[C@H](C(=O)OC)N1C(=O)c1ccccc1. The fourth-order valence-electron chi connectivity index (χ4n) is 9.92. The molecule has 0 radical (unpaired) electrons. The van der Waals surface area contributed by atoms with Gasteiger partial charge in [0, 0.05) is 22.9 Å². The van der Waals surface area contributed by atoms with E-state index in [9.17, 15) is 14.4 Å². The smallest absolute Gasteiger partial charge is 0.328 e. The van der Waals surface area contributed by atoms with Crippen LogP contribution in [0.2, 0.25) is 0 Å². The Morgan fingerprint density at radius 3 is 2.51 bits per heavy atom. The van der Waals surface area contributed by atoms with Crippen LogP contribution >= 0.6 is 0 Å². The van der Waals surface area contributed by atoms with Gasteiger partial charge in [0.05, 0.1) is 31.6 Å². The molecule has 0 saturated heterocycles. The summed E-state index contributed by atoms with van der Waals surface area (Å²) in [4.78, 5) is 46.4. The Bertz CT molecular complexity index is 1910. The van der Waals surface area contributed by atoms with E-state index in [1.165, 1.54) is 19.8 Å². The van der Waals surface area contributed by atoms with Crippen LogP contribution in [0.3, 0.4) is 0 Å². The monoisotopic (exact) mass is 662 g/mol. The van der Waals surface area contributed by atoms with Gasteiger partial charge in [-0.2, -0.15) is 0 Å². The van der Waals surface area contributed by atoms with Crippen LogP contribution in [0.25, 0.3) is 10.9 Å². The molecule has 0 spiro atoms. The number of aromatic nitrogens is 1. The van der Waals surface area contributed by atoms with Gasteiger partial charge in [0.2, 0.25) is 0 Å². The van der Waals surface area contributed by atoms with Crippen LogP contribution in [0.15, 0.2) is 83.5 Å². The summed E-state index contributed by atoms with van der Waals surface area (Å²) >= 11 is 0. The van der Waals surface area contributed by atoms with Gasteiger partial charge in [0.15, 0.2) is 0 Å². The summed E-state index contributed by atoms with van der Waals surface area (Å²) in [6, 6.07) is 17.5. The zero-order chi connectivity index (χ0) is 34.5. The number of ether oxygens (including phenoxy) is 2. The van der Waals surface area contributed by atoms with Crippen molar-refractivity contribution in [3.05, 3.63) is 107 Å². The lowest BCUT2D eigenvalue weighted by atomic mass is 9.46. The number of nitrogens with one attached hydrogen (secondary N) is 1. The molecule has 256 valence electrons. The second-order valence-electron chi connectivity index (χ2n) is 14.7. The minimum atomic E-state index is -0.858. The van der Waals surface area contributed by atoms with E-state index in [0.717, 1.165) is 66.2 Å². The van der Waals surface area contributed by atoms with E-state index < -0.39 is 23.5 Å². The third kappa shape index (κ3) is 5.31. The normalized spacial score (nSPS) is 28.1. The zero-order valence-corrected chi connectivity index (χ0v) is 28.9. The molecule has 1 amide bonds. The molecular formula is C41H46N2O6. The van der Waals surface area contributed by atoms with E-state index in [1.54, 1.807) is 23.3 Å². The number of furan rings is 1. The van der Waals surface area contributed by atoms with Crippen LogP contribution in [0.5, 0.6) is 0 Å². The maximum absolute atomic E-state index is 14.5. The lowest BCUT2D eigenvalue weighted by Crippen LogP contribution is -2.53. The first-order valence-corrected chi connectivity index (χ1v) is 17.5. The third-order valence-electron chi connectivity index (χ3n) is 12.3. The molecule has 3 heterocycles. The Morgan fingerprint density at radius 1 is 1.00 bits per heavy atom. The van der Waals surface area contributed by atoms with Gasteiger partial charge < -0.3 is 23.8 Å². The number of hydrogen-bond donors (Lipinski definition) is 1. The van der Waals surface area contributed by atoms with Crippen molar-refractivity contribution in [1.82, 2.24) is 9.88 Å². The highest BCUT2D eigenvalue weighted by molar-refractivity contribution is 5.98. The second-order valence-corrected chi connectivity index (χ2v) is 14.7. The van der Waals surface area contributed by atoms with Crippen molar-refractivity contribution in [1.29, 1.82) is 0 Å². The summed E-state index contributed by atoms with van der Waals surface area (Å²) < 4.78 is 17.0. The van der Waals surface area contributed by atoms with Gasteiger partial charge in [0.25, 0.3) is 5.91 Å². The molecule has 1 aliphatic heterocycles. The first-order chi connectivity index (χ1) is 23.6. The van der Waals surface area contributed by atoms with E-state index in [0.29, 0.717) is 24.2 Å². The van der Waals surface area contributed by atoms with Gasteiger partial charge in [-0.05, 0) is 98.1 Å². The van der Waals surface area contributed by atoms with Gasteiger partial charge >= 0.3 is 11.9 Å². The van der Waals surface area contributed by atoms with Crippen LogP contribution in [-0.4, -0.2) is 48.0 Å². The first kappa shape index (κ1) is 32.9. The number of benzene rings is 2. The number of aromatic amines is 1. The minimum Gasteiger partial charge on any atom is -0.469 e. The van der Waals surface area contributed by atoms with E-state index in [4.69, 9.17) is 13.9 Å². The highest BCUT2D eigenvalue weighted by Crippen LogP contribution is 2.62. The van der Waals surface area contributed by atoms with Crippen molar-refractivity contribution in [2.45, 2.75) is 77.3 Å². The summed E-state index contributed by atoms with van der Waals surface area (Å²) in [5.41, 5.74) is 4.85. The van der Waals surface area contributed by atoms with Gasteiger partial charge in [-0.1, -0.05) is 61.9 Å². The minimum absolute atomic E-state index is 0.0963. The molecule has 8 nitrogen and oxygen atoms in total. The molecule has 2 fully saturated rings. The average Bonchev–Trinajstić information content (AvgIpc) is 3.74. The number of amides is 1. The molecule has 4 aromatic rings. The summed E-state index contributed by atoms with van der Waals surface area (Å²) in [5, 5.41) is 1.01. The number of methoxy groups -OCH3 is 2. The molecule has 3 aliphatic rings. The van der Waals surface area contributed by atoms with Crippen LogP contribution in [0, 0.1) is 22.7 Å². The van der Waals surface area contributed by atoms with Crippen LogP contribution in [0.4, 0.5) is 0 Å². The van der Waals surface area contributed by atoms with Crippen molar-refractivity contribution in [2.24, 2.45) is 22.7 Å². The second kappa shape index (κ2) is 12.7. The first-order valence-electron chi connectivity index (χ1n) is 17.5. The van der Waals surface area contributed by atoms with Crippen molar-refractivity contribution < 1.29 is 28.3 Å². The Balaban J connectivity index is 1.29. The van der Waals surface area contributed by atoms with Crippen LogP contribution in [0.1, 0.15) is 91.4 Å². The van der Waals surface area contributed by atoms with Gasteiger partial charge in [0.1, 0.15) is 17.8 Å². The number of nitrogens with zero attached hydrogens (tertiary/aromatic N) is 1. The molecule has 2 aliphatic carbocycles. The number of hydrogen-bond acceptors (Lipinski definition) is 6. The fraction of sp³-hybridized carbons (Fsp3) is 0.439. The van der Waals surface area contributed by atoms with Gasteiger partial charge in [-0.25, -0.2) is 4.79 Å². The summed E-state index contributed by atoms with van der Waals surface area (Å²) in [6.07, 6.45) is 8.19. The highest BCUT2D eigenvalue weighted by atomic mass is 16.5. The van der Waals surface area contributed by atoms with Gasteiger partial charge in [-0.15, -0.1) is 0 Å². The van der Waals surface area contributed by atoms with Crippen molar-refractivity contribution in [3.63, 3.8) is 0 Å². The highest BCUT2D eigenvalue weighted by Gasteiger charge is 2.57. The molecule has 49 heavy (non-hydrogen) atoms. The predicted octanol–water partition coefficient (Wildman–Crippen LogP) is 7.97. The summed E-state index contributed by atoms with van der Waals surface area (Å²) in [5.74, 6) is 0.193. The molecule has 2 aromatic heterocycles. The van der Waals surface area contributed by atoms with E-state index in [-0.39, 0.29) is 29.1 Å². The Kier molecular flexibility index (Phi) is 8.54. The topological polar surface area (TPSA) is 102 Å². The summed E-state index contributed by atoms with van der Waals surface area (Å²) in [7, 11) is 2.87. The van der Waals surface area contributed by atoms with E-state index in [2.05, 4.69) is 25.4 Å². The number of rotatable bonds is 7. The molecule has 6 atom stereocenters. The molecule has 7 rings (SSSR count). The van der Waals surface area contributed by atoms with Crippen molar-refractivity contribution in [2.75, 3.05) is 14.2 Å². The molecule has 0 unspecified atom stereocenters. The maximum atomic E-state index is 14.5. The van der Waals surface area contributed by atoms with Crippen LogP contribution in [-0.2, 0) is 31.9 Å². The largest absolute Gasteiger partial charge is 0.469 e. The number of carbonyl (C=O) groups is 3. The number of esters is 2. The molecular weight excluding hydrogens is 616 g/mol. The average molecular weight is 663 g/mol. The number of fused-ring (bicyclic) bond motifs is 4. The lowest BCUT2D eigenvalue weighted by molar-refractivity contribution is -0.168. The molecule has 8 heteroatoms. The number of aryl methyl sites for hydroxylation is 1. The zero-order valence-electron chi connectivity index (χ0n) is 28.9. The number of H-pyrrole nitrogens is 1. The number of para-hydroxylation sites is 1. The maximum Gasteiger partial charge on any atom is 0.328 e. The number of carbonyl (C=O) groups excluding carboxylic acids is 3. The van der Waals surface area contributed by atoms with E-state index in [1.807, 2.05) is 48.5 Å². The Hall–Kier alpha value is -4.59. The van der Waals surface area contributed by atoms with Crippen LogP contribution < -0.4 is 0 Å². The van der Waals surface area contributed by atoms with Crippen molar-refractivity contribution >= 4 is 28.7 Å². The molecule has 1 N–H and O–H groups in total.